The van der Waals surface area contributed by atoms with Gasteiger partial charge in [-0.3, -0.25) is 14.5 Å². The van der Waals surface area contributed by atoms with Gasteiger partial charge in [-0.2, -0.15) is 0 Å². The quantitative estimate of drug-likeness (QED) is 0.677. The summed E-state index contributed by atoms with van der Waals surface area (Å²) >= 11 is 1.57. The van der Waals surface area contributed by atoms with Gasteiger partial charge >= 0.3 is 0 Å². The molecule has 0 unspecified atom stereocenters. The predicted molar refractivity (Wildman–Crippen MR) is 115 cm³/mol. The zero-order valence-electron chi connectivity index (χ0n) is 16.7. The molecule has 7 nitrogen and oxygen atoms in total. The molecular weight excluding hydrogens is 390 g/mol. The number of nitrogens with one attached hydrogen (secondary N) is 2. The van der Waals surface area contributed by atoms with E-state index in [0.29, 0.717) is 30.4 Å². The molecule has 2 aromatic carbocycles. The van der Waals surface area contributed by atoms with Crippen molar-refractivity contribution in [2.24, 2.45) is 0 Å². The van der Waals surface area contributed by atoms with Crippen molar-refractivity contribution in [1.82, 2.24) is 4.90 Å². The SMILES string of the molecule is CSc1ccccc1NC(=O)CN(C)[C@@H](C)C(=O)Nc1ccc2c(c1)OCCO2. The van der Waals surface area contributed by atoms with E-state index in [0.717, 1.165) is 10.6 Å². The molecule has 0 radical (unpaired) electrons. The van der Waals surface area contributed by atoms with Crippen LogP contribution in [0.2, 0.25) is 0 Å². The summed E-state index contributed by atoms with van der Waals surface area (Å²) in [4.78, 5) is 27.7. The number of carbonyl (C=O) groups excluding carboxylic acids is 2. The Balaban J connectivity index is 1.55. The first-order valence-corrected chi connectivity index (χ1v) is 10.5. The van der Waals surface area contributed by atoms with Crippen LogP contribution in [0, 0.1) is 0 Å². The lowest BCUT2D eigenvalue weighted by molar-refractivity contribution is -0.122. The van der Waals surface area contributed by atoms with E-state index in [9.17, 15) is 9.59 Å². The number of ether oxygens (including phenoxy) is 2. The van der Waals surface area contributed by atoms with Crippen LogP contribution in [0.25, 0.3) is 0 Å². The van der Waals surface area contributed by atoms with Crippen molar-refractivity contribution in [3.05, 3.63) is 42.5 Å². The van der Waals surface area contributed by atoms with Crippen molar-refractivity contribution in [2.75, 3.05) is 43.7 Å². The molecule has 0 spiro atoms. The number of carbonyl (C=O) groups is 2. The molecule has 29 heavy (non-hydrogen) atoms. The first kappa shape index (κ1) is 21.0. The van der Waals surface area contributed by atoms with Gasteiger partial charge in [0.1, 0.15) is 13.2 Å². The minimum absolute atomic E-state index is 0.0957. The van der Waals surface area contributed by atoms with Crippen molar-refractivity contribution >= 4 is 35.0 Å². The number of para-hydroxylation sites is 1. The smallest absolute Gasteiger partial charge is 0.241 e. The van der Waals surface area contributed by atoms with E-state index in [2.05, 4.69) is 10.6 Å². The number of anilines is 2. The molecule has 3 rings (SSSR count). The van der Waals surface area contributed by atoms with Crippen LogP contribution < -0.4 is 20.1 Å². The fourth-order valence-corrected chi connectivity index (χ4v) is 3.42. The Bertz CT molecular complexity index is 890. The highest BCUT2D eigenvalue weighted by atomic mass is 32.2. The molecule has 0 aliphatic carbocycles. The lowest BCUT2D eigenvalue weighted by atomic mass is 10.2. The third-order valence-electron chi connectivity index (χ3n) is 4.62. The number of hydrogen-bond donors (Lipinski definition) is 2. The monoisotopic (exact) mass is 415 g/mol. The Kier molecular flexibility index (Phi) is 7.00. The molecule has 1 atom stereocenters. The molecule has 1 aliphatic heterocycles. The molecule has 0 bridgehead atoms. The molecule has 0 aromatic heterocycles. The van der Waals surface area contributed by atoms with Gasteiger partial charge in [0.05, 0.1) is 18.3 Å². The van der Waals surface area contributed by atoms with Gasteiger partial charge in [0.2, 0.25) is 11.8 Å². The largest absolute Gasteiger partial charge is 0.486 e. The number of hydrogen-bond acceptors (Lipinski definition) is 6. The van der Waals surface area contributed by atoms with E-state index in [1.54, 1.807) is 48.8 Å². The highest BCUT2D eigenvalue weighted by molar-refractivity contribution is 7.98. The second kappa shape index (κ2) is 9.67. The van der Waals surface area contributed by atoms with Crippen LogP contribution in [0.3, 0.4) is 0 Å². The molecule has 1 aliphatic rings. The van der Waals surface area contributed by atoms with Gasteiger partial charge in [-0.15, -0.1) is 11.8 Å². The second-order valence-corrected chi connectivity index (χ2v) is 7.54. The molecule has 2 amide bonds. The fourth-order valence-electron chi connectivity index (χ4n) is 2.87. The zero-order valence-corrected chi connectivity index (χ0v) is 17.5. The zero-order chi connectivity index (χ0) is 20.8. The van der Waals surface area contributed by atoms with E-state index < -0.39 is 6.04 Å². The molecular formula is C21H25N3O4S. The summed E-state index contributed by atoms with van der Waals surface area (Å²) in [6.07, 6.45) is 1.96. The summed E-state index contributed by atoms with van der Waals surface area (Å²) in [5, 5.41) is 5.77. The normalized spacial score (nSPS) is 13.7. The Morgan fingerprint density at radius 3 is 2.59 bits per heavy atom. The lowest BCUT2D eigenvalue weighted by Gasteiger charge is -2.24. The molecule has 1 heterocycles. The Labute approximate surface area is 174 Å². The first-order chi connectivity index (χ1) is 14.0. The van der Waals surface area contributed by atoms with Gasteiger partial charge in [-0.25, -0.2) is 0 Å². The molecule has 154 valence electrons. The van der Waals surface area contributed by atoms with E-state index >= 15 is 0 Å². The number of amides is 2. The Morgan fingerprint density at radius 2 is 1.83 bits per heavy atom. The van der Waals surface area contributed by atoms with Crippen LogP contribution in [0.15, 0.2) is 47.4 Å². The number of thioether (sulfide) groups is 1. The maximum absolute atomic E-state index is 12.6. The van der Waals surface area contributed by atoms with Crippen molar-refractivity contribution < 1.29 is 19.1 Å². The van der Waals surface area contributed by atoms with Crippen molar-refractivity contribution in [1.29, 1.82) is 0 Å². The van der Waals surface area contributed by atoms with Gasteiger partial charge < -0.3 is 20.1 Å². The summed E-state index contributed by atoms with van der Waals surface area (Å²) in [5.74, 6) is 0.901. The minimum atomic E-state index is -0.496. The van der Waals surface area contributed by atoms with E-state index in [4.69, 9.17) is 9.47 Å². The van der Waals surface area contributed by atoms with Crippen molar-refractivity contribution in [3.63, 3.8) is 0 Å². The highest BCUT2D eigenvalue weighted by Gasteiger charge is 2.21. The summed E-state index contributed by atoms with van der Waals surface area (Å²) < 4.78 is 11.0. The molecule has 2 N–H and O–H groups in total. The summed E-state index contributed by atoms with van der Waals surface area (Å²) in [6, 6.07) is 12.4. The summed E-state index contributed by atoms with van der Waals surface area (Å²) in [5.41, 5.74) is 1.39. The lowest BCUT2D eigenvalue weighted by Crippen LogP contribution is -2.43. The van der Waals surface area contributed by atoms with Gasteiger partial charge in [0, 0.05) is 16.6 Å². The number of nitrogens with zero attached hydrogens (tertiary/aromatic N) is 1. The van der Waals surface area contributed by atoms with Gasteiger partial charge in [-0.1, -0.05) is 12.1 Å². The molecule has 0 fully saturated rings. The minimum Gasteiger partial charge on any atom is -0.486 e. The van der Waals surface area contributed by atoms with E-state index in [-0.39, 0.29) is 18.4 Å². The molecule has 0 saturated carbocycles. The number of benzene rings is 2. The Morgan fingerprint density at radius 1 is 1.10 bits per heavy atom. The second-order valence-electron chi connectivity index (χ2n) is 6.69. The third kappa shape index (κ3) is 5.42. The fraction of sp³-hybridized carbons (Fsp3) is 0.333. The van der Waals surface area contributed by atoms with Crippen molar-refractivity contribution in [3.8, 4) is 11.5 Å². The van der Waals surface area contributed by atoms with Crippen LogP contribution in [0.4, 0.5) is 11.4 Å². The van der Waals surface area contributed by atoms with Gasteiger partial charge in [0.15, 0.2) is 11.5 Å². The molecule has 2 aromatic rings. The summed E-state index contributed by atoms with van der Waals surface area (Å²) in [6.45, 7) is 2.86. The maximum atomic E-state index is 12.6. The van der Waals surface area contributed by atoms with Crippen LogP contribution in [0.5, 0.6) is 11.5 Å². The van der Waals surface area contributed by atoms with Gasteiger partial charge in [0.25, 0.3) is 0 Å². The van der Waals surface area contributed by atoms with E-state index in [1.807, 2.05) is 30.5 Å². The van der Waals surface area contributed by atoms with Gasteiger partial charge in [-0.05, 0) is 44.5 Å². The first-order valence-electron chi connectivity index (χ1n) is 9.31. The highest BCUT2D eigenvalue weighted by Crippen LogP contribution is 2.32. The molecule has 0 saturated heterocycles. The average Bonchev–Trinajstić information content (AvgIpc) is 2.73. The van der Waals surface area contributed by atoms with Crippen LogP contribution in [0.1, 0.15) is 6.92 Å². The Hall–Kier alpha value is -2.71. The topological polar surface area (TPSA) is 79.9 Å². The average molecular weight is 416 g/mol. The van der Waals surface area contributed by atoms with Crippen molar-refractivity contribution in [2.45, 2.75) is 17.9 Å². The standard InChI is InChI=1S/C21H25N3O4S/c1-14(21(26)22-15-8-9-17-18(12-15)28-11-10-27-17)24(2)13-20(25)23-16-6-4-5-7-19(16)29-3/h4-9,12,14H,10-11,13H2,1-3H3,(H,22,26)(H,23,25)/t14-/m0/s1. The number of fused-ring (bicyclic) bond motifs is 1. The number of rotatable bonds is 7. The predicted octanol–water partition coefficient (Wildman–Crippen LogP) is 3.08. The van der Waals surface area contributed by atoms with Crippen LogP contribution >= 0.6 is 11.8 Å². The summed E-state index contributed by atoms with van der Waals surface area (Å²) in [7, 11) is 1.74. The van der Waals surface area contributed by atoms with E-state index in [1.165, 1.54) is 0 Å². The maximum Gasteiger partial charge on any atom is 0.241 e. The number of likely N-dealkylation sites (N-methyl/N-ethyl adjacent to an activating group) is 1. The van der Waals surface area contributed by atoms with Crippen LogP contribution in [-0.2, 0) is 9.59 Å². The molecule has 8 heteroatoms. The van der Waals surface area contributed by atoms with Crippen LogP contribution in [-0.4, -0.2) is 55.8 Å². The third-order valence-corrected chi connectivity index (χ3v) is 5.42.